The first-order valence-electron chi connectivity index (χ1n) is 8.29. The van der Waals surface area contributed by atoms with Crippen molar-refractivity contribution in [1.82, 2.24) is 15.6 Å². The van der Waals surface area contributed by atoms with E-state index >= 15 is 0 Å². The number of rotatable bonds is 8. The molecule has 2 amide bonds. The Hall–Kier alpha value is -1.92. The van der Waals surface area contributed by atoms with Gasteiger partial charge in [0.25, 0.3) is 0 Å². The quantitative estimate of drug-likeness (QED) is 0.687. The van der Waals surface area contributed by atoms with Gasteiger partial charge in [0.05, 0.1) is 16.7 Å². The molecule has 3 N–H and O–H groups in total. The molecule has 0 spiro atoms. The molecule has 0 aliphatic carbocycles. The molecule has 1 aromatic carbocycles. The second kappa shape index (κ2) is 9.39. The maximum atomic E-state index is 12.1. The van der Waals surface area contributed by atoms with Crippen LogP contribution in [-0.2, 0) is 12.8 Å². The molecule has 1 atom stereocenters. The van der Waals surface area contributed by atoms with Crippen LogP contribution in [0.2, 0.25) is 0 Å². The second-order valence-corrected chi connectivity index (χ2v) is 6.88. The zero-order chi connectivity index (χ0) is 17.4. The van der Waals surface area contributed by atoms with Gasteiger partial charge in [-0.25, -0.2) is 9.78 Å². The van der Waals surface area contributed by atoms with Gasteiger partial charge in [-0.05, 0) is 25.3 Å². The van der Waals surface area contributed by atoms with E-state index in [1.165, 1.54) is 4.88 Å². The molecule has 1 aromatic heterocycles. The van der Waals surface area contributed by atoms with Crippen LogP contribution in [0, 0.1) is 6.92 Å². The highest BCUT2D eigenvalue weighted by atomic mass is 32.1. The van der Waals surface area contributed by atoms with E-state index in [1.807, 2.05) is 30.3 Å². The zero-order valence-electron chi connectivity index (χ0n) is 14.2. The topological polar surface area (TPSA) is 74.2 Å². The fourth-order valence-corrected chi connectivity index (χ4v) is 3.57. The number of aryl methyl sites for hydroxylation is 2. The largest absolute Gasteiger partial charge is 0.396 e. The molecule has 1 heterocycles. The molecule has 5 nitrogen and oxygen atoms in total. The first-order valence-corrected chi connectivity index (χ1v) is 9.11. The van der Waals surface area contributed by atoms with Crippen LogP contribution < -0.4 is 10.6 Å². The smallest absolute Gasteiger partial charge is 0.315 e. The molecule has 130 valence electrons. The van der Waals surface area contributed by atoms with Gasteiger partial charge in [0, 0.05) is 24.4 Å². The van der Waals surface area contributed by atoms with E-state index in [-0.39, 0.29) is 18.7 Å². The third-order valence-electron chi connectivity index (χ3n) is 3.82. The number of aliphatic hydroxyl groups excluding tert-OH is 1. The lowest BCUT2D eigenvalue weighted by molar-refractivity contribution is 0.229. The Balaban J connectivity index is 1.82. The molecular weight excluding hydrogens is 322 g/mol. The average molecular weight is 347 g/mol. The monoisotopic (exact) mass is 347 g/mol. The highest BCUT2D eigenvalue weighted by Crippen LogP contribution is 2.18. The summed E-state index contributed by atoms with van der Waals surface area (Å²) in [6.07, 6.45) is 2.16. The van der Waals surface area contributed by atoms with E-state index in [4.69, 9.17) is 0 Å². The van der Waals surface area contributed by atoms with Gasteiger partial charge in [-0.3, -0.25) is 0 Å². The van der Waals surface area contributed by atoms with Crippen molar-refractivity contribution in [2.45, 2.75) is 39.2 Å². The minimum absolute atomic E-state index is 0.0258. The van der Waals surface area contributed by atoms with Crippen molar-refractivity contribution in [2.75, 3.05) is 13.2 Å². The van der Waals surface area contributed by atoms with Crippen LogP contribution in [0.5, 0.6) is 0 Å². The number of aromatic nitrogens is 1. The fourth-order valence-electron chi connectivity index (χ4n) is 2.55. The van der Waals surface area contributed by atoms with Gasteiger partial charge in [-0.15, -0.1) is 11.3 Å². The van der Waals surface area contributed by atoms with Crippen LogP contribution in [-0.4, -0.2) is 29.3 Å². The predicted molar refractivity (Wildman–Crippen MR) is 97.4 cm³/mol. The fraction of sp³-hybridized carbons (Fsp3) is 0.444. The summed E-state index contributed by atoms with van der Waals surface area (Å²) in [5.41, 5.74) is 2.14. The molecule has 6 heteroatoms. The molecule has 0 aliphatic heterocycles. The number of nitrogens with one attached hydrogen (secondary N) is 2. The van der Waals surface area contributed by atoms with Gasteiger partial charge in [0.15, 0.2) is 0 Å². The lowest BCUT2D eigenvalue weighted by atomic mass is 10.0. The van der Waals surface area contributed by atoms with Crippen LogP contribution >= 0.6 is 11.3 Å². The number of urea groups is 1. The van der Waals surface area contributed by atoms with E-state index in [0.29, 0.717) is 13.0 Å². The van der Waals surface area contributed by atoms with Crippen molar-refractivity contribution in [1.29, 1.82) is 0 Å². The standard InChI is InChI=1S/C18H25N3O2S/c1-3-15-13(2)24-17(20-15)9-11-19-18(23)21-16(10-12-22)14-7-5-4-6-8-14/h4-8,16,22H,3,9-12H2,1-2H3,(H2,19,21,23)/t16-/m1/s1. The number of aliphatic hydroxyl groups is 1. The lowest BCUT2D eigenvalue weighted by Crippen LogP contribution is -2.39. The van der Waals surface area contributed by atoms with Crippen LogP contribution in [0.25, 0.3) is 0 Å². The summed E-state index contributed by atoms with van der Waals surface area (Å²) in [4.78, 5) is 17.9. The zero-order valence-corrected chi connectivity index (χ0v) is 15.0. The number of carbonyl (C=O) groups is 1. The predicted octanol–water partition coefficient (Wildman–Crippen LogP) is 2.98. The molecule has 0 radical (unpaired) electrons. The number of thiazole rings is 1. The molecule has 0 saturated heterocycles. The summed E-state index contributed by atoms with van der Waals surface area (Å²) < 4.78 is 0. The normalized spacial score (nSPS) is 12.0. The maximum absolute atomic E-state index is 12.1. The summed E-state index contributed by atoms with van der Waals surface area (Å²) in [7, 11) is 0. The van der Waals surface area contributed by atoms with E-state index in [0.717, 1.165) is 29.1 Å². The molecule has 0 unspecified atom stereocenters. The van der Waals surface area contributed by atoms with Gasteiger partial charge in [0.1, 0.15) is 0 Å². The number of hydrogen-bond donors (Lipinski definition) is 3. The lowest BCUT2D eigenvalue weighted by Gasteiger charge is -2.18. The van der Waals surface area contributed by atoms with Crippen molar-refractivity contribution < 1.29 is 9.90 Å². The van der Waals surface area contributed by atoms with Crippen LogP contribution in [0.4, 0.5) is 4.79 Å². The third kappa shape index (κ3) is 5.32. The summed E-state index contributed by atoms with van der Waals surface area (Å²) in [6.45, 7) is 4.75. The summed E-state index contributed by atoms with van der Waals surface area (Å²) >= 11 is 1.69. The van der Waals surface area contributed by atoms with Gasteiger partial charge in [-0.1, -0.05) is 37.3 Å². The first kappa shape index (κ1) is 18.4. The van der Waals surface area contributed by atoms with Crippen molar-refractivity contribution in [3.05, 3.63) is 51.5 Å². The Kier molecular flexibility index (Phi) is 7.21. The van der Waals surface area contributed by atoms with Crippen molar-refractivity contribution in [2.24, 2.45) is 0 Å². The van der Waals surface area contributed by atoms with E-state index in [9.17, 15) is 9.90 Å². The van der Waals surface area contributed by atoms with Crippen molar-refractivity contribution in [3.8, 4) is 0 Å². The summed E-state index contributed by atoms with van der Waals surface area (Å²) in [6, 6.07) is 9.27. The maximum Gasteiger partial charge on any atom is 0.315 e. The SMILES string of the molecule is CCc1nc(CCNC(=O)N[C@H](CCO)c2ccccc2)sc1C. The Morgan fingerprint density at radius 1 is 1.33 bits per heavy atom. The van der Waals surface area contributed by atoms with E-state index < -0.39 is 0 Å². The molecule has 2 aromatic rings. The molecule has 0 bridgehead atoms. The van der Waals surface area contributed by atoms with Gasteiger partial charge in [0.2, 0.25) is 0 Å². The minimum Gasteiger partial charge on any atom is -0.396 e. The summed E-state index contributed by atoms with van der Waals surface area (Å²) in [5, 5.41) is 16.1. The molecule has 24 heavy (non-hydrogen) atoms. The van der Waals surface area contributed by atoms with Gasteiger partial charge >= 0.3 is 6.03 Å². The van der Waals surface area contributed by atoms with Gasteiger partial charge in [-0.2, -0.15) is 0 Å². The molecule has 0 fully saturated rings. The van der Waals surface area contributed by atoms with Crippen molar-refractivity contribution >= 4 is 17.4 Å². The summed E-state index contributed by atoms with van der Waals surface area (Å²) in [5.74, 6) is 0. The average Bonchev–Trinajstić information content (AvgIpc) is 2.95. The molecule has 2 rings (SSSR count). The Morgan fingerprint density at radius 2 is 2.08 bits per heavy atom. The molecule has 0 aliphatic rings. The highest BCUT2D eigenvalue weighted by Gasteiger charge is 2.14. The van der Waals surface area contributed by atoms with Crippen LogP contribution in [0.3, 0.4) is 0 Å². The van der Waals surface area contributed by atoms with Crippen molar-refractivity contribution in [3.63, 3.8) is 0 Å². The van der Waals surface area contributed by atoms with Crippen LogP contribution in [0.1, 0.15) is 40.5 Å². The minimum atomic E-state index is -0.221. The molecule has 0 saturated carbocycles. The Morgan fingerprint density at radius 3 is 2.71 bits per heavy atom. The highest BCUT2D eigenvalue weighted by molar-refractivity contribution is 7.11. The Labute approximate surface area is 147 Å². The number of nitrogens with zero attached hydrogens (tertiary/aromatic N) is 1. The second-order valence-electron chi connectivity index (χ2n) is 5.59. The first-order chi connectivity index (χ1) is 11.6. The number of hydrogen-bond acceptors (Lipinski definition) is 4. The van der Waals surface area contributed by atoms with Gasteiger partial charge < -0.3 is 15.7 Å². The van der Waals surface area contributed by atoms with E-state index in [2.05, 4.69) is 29.5 Å². The Bertz CT molecular complexity index is 643. The number of amides is 2. The van der Waals surface area contributed by atoms with E-state index in [1.54, 1.807) is 11.3 Å². The van der Waals surface area contributed by atoms with Crippen LogP contribution in [0.15, 0.2) is 30.3 Å². The number of benzene rings is 1. The third-order valence-corrected chi connectivity index (χ3v) is 4.89. The molecular formula is C18H25N3O2S. The number of carbonyl (C=O) groups excluding carboxylic acids is 1.